The van der Waals surface area contributed by atoms with Gasteiger partial charge in [-0.2, -0.15) is 0 Å². The van der Waals surface area contributed by atoms with Gasteiger partial charge in [-0.05, 0) is 148 Å². The van der Waals surface area contributed by atoms with Gasteiger partial charge in [0.15, 0.2) is 0 Å². The highest BCUT2D eigenvalue weighted by Gasteiger charge is 2.37. The number of hydrogen-bond donors (Lipinski definition) is 18. The molecule has 23 N–H and O–H groups in total. The van der Waals surface area contributed by atoms with Crippen molar-refractivity contribution in [3.05, 3.63) is 24.3 Å². The number of aliphatic hydroxyl groups is 2. The van der Waals surface area contributed by atoms with Gasteiger partial charge in [0.05, 0.1) is 12.2 Å². The molecule has 12 atom stereocenters. The molecule has 11 amide bonds. The van der Waals surface area contributed by atoms with Crippen LogP contribution in [0.15, 0.2) is 24.3 Å². The molecule has 29 nitrogen and oxygen atoms in total. The van der Waals surface area contributed by atoms with Gasteiger partial charge in [-0.3, -0.25) is 52.7 Å². The number of carbonyl (C=O) groups excluding carboxylic acids is 11. The van der Waals surface area contributed by atoms with Gasteiger partial charge in [0.25, 0.3) is 0 Å². The predicted molar refractivity (Wildman–Crippen MR) is 347 cm³/mol. The Hall–Kier alpha value is -6.63. The standard InChI is InChI=1S/C62H114N16O13/c1-8-9-10-11-12-13-14-15-16-17-18-19-20-21-22-23-50(81)69-42(24-30-63)57(86)78-52(41(7)80)62(91)74-45(27-33-66)54(83)73-47-29-35-68-61(90)51(40(6)79)77-58(87)46(28-34-67)71-53(82)43(25-31-64)72-59(88)48(36-38(2)3)76-60(89)49(37-39(4)5)75-55(84)44(26-32-65)70-56(47)85/h12-13,15-16,38-49,51-52,79-80H,8-11,14,17-37,63-67H2,1-7H3,(H,68,90)(H,69,81)(H,70,85)(H,71,82)(H,72,88)(H,73,83)(H,74,91)(H,75,84)(H,76,89)(H,77,87)(H,78,86)/b13-12-,16-15-/t40-,41-,42+,43+,44+,45+,46+,47+,48+,49-,51+,52+/m1/s1. The van der Waals surface area contributed by atoms with Crippen LogP contribution in [0.3, 0.4) is 0 Å². The molecule has 0 saturated carbocycles. The van der Waals surface area contributed by atoms with Crippen LogP contribution in [-0.4, -0.2) is 187 Å². The Morgan fingerprint density at radius 2 is 0.945 bits per heavy atom. The number of unbranched alkanes of at least 4 members (excludes halogenated alkanes) is 8. The first-order chi connectivity index (χ1) is 43.3. The SMILES string of the molecule is CCCCC/C=C\C/C=C\CCCCCCCC(=O)N[C@@H](CCN)C(=O)N[C@H](C(=O)N[C@@H](CCN)C(=O)N[C@H]1CCNC(=O)[C@H]([C@@H](C)O)NC(=O)[C@H](CCN)NC(=O)[C@H](CCN)NC(=O)[C@H](CC(C)C)NC(=O)[C@@H](CC(C)C)NC(=O)[C@H](CCN)NC1=O)[C@@H](C)O. The Morgan fingerprint density at radius 3 is 1.41 bits per heavy atom. The molecule has 1 fully saturated rings. The molecule has 0 aliphatic carbocycles. The molecule has 1 aliphatic heterocycles. The van der Waals surface area contributed by atoms with Gasteiger partial charge < -0.3 is 97.4 Å². The van der Waals surface area contributed by atoms with Gasteiger partial charge in [-0.1, -0.05) is 91.0 Å². The normalized spacial score (nSPS) is 22.1. The number of allylic oxidation sites excluding steroid dienone is 4. The van der Waals surface area contributed by atoms with Gasteiger partial charge in [0.2, 0.25) is 65.0 Å². The van der Waals surface area contributed by atoms with E-state index in [1.165, 1.54) is 33.1 Å². The summed E-state index contributed by atoms with van der Waals surface area (Å²) in [6.45, 7) is 10.6. The lowest BCUT2D eigenvalue weighted by Gasteiger charge is -2.29. The van der Waals surface area contributed by atoms with E-state index in [1.54, 1.807) is 27.7 Å². The Balaban J connectivity index is 3.56. The summed E-state index contributed by atoms with van der Waals surface area (Å²) in [5.74, 6) is -9.99. The molecule has 29 heteroatoms. The van der Waals surface area contributed by atoms with Crippen molar-refractivity contribution in [3.8, 4) is 0 Å². The van der Waals surface area contributed by atoms with Crippen molar-refractivity contribution in [2.45, 2.75) is 250 Å². The van der Waals surface area contributed by atoms with E-state index in [0.29, 0.717) is 6.42 Å². The maximum atomic E-state index is 14.5. The number of amides is 11. The molecule has 0 aromatic heterocycles. The number of nitrogens with one attached hydrogen (secondary N) is 11. The number of nitrogens with two attached hydrogens (primary N) is 5. The zero-order valence-corrected chi connectivity index (χ0v) is 55.0. The highest BCUT2D eigenvalue weighted by Crippen LogP contribution is 2.13. The second kappa shape index (κ2) is 47.3. The molecular weight excluding hydrogens is 1180 g/mol. The maximum Gasteiger partial charge on any atom is 0.245 e. The molecule has 1 saturated heterocycles. The number of carbonyl (C=O) groups is 11. The zero-order chi connectivity index (χ0) is 68.4. The minimum absolute atomic E-state index is 0.0177. The van der Waals surface area contributed by atoms with Crippen LogP contribution in [-0.2, 0) is 52.7 Å². The lowest BCUT2D eigenvalue weighted by Crippen LogP contribution is -2.62. The fraction of sp³-hybridized carbons (Fsp3) is 0.758. The molecule has 1 rings (SSSR count). The van der Waals surface area contributed by atoms with Crippen molar-refractivity contribution in [3.63, 3.8) is 0 Å². The number of hydrogen-bond acceptors (Lipinski definition) is 18. The molecule has 91 heavy (non-hydrogen) atoms. The highest BCUT2D eigenvalue weighted by molar-refractivity contribution is 5.99. The van der Waals surface area contributed by atoms with Crippen LogP contribution in [0.25, 0.3) is 0 Å². The second-order valence-corrected chi connectivity index (χ2v) is 24.2. The fourth-order valence-corrected chi connectivity index (χ4v) is 9.88. The Bertz CT molecular complexity index is 2310. The second-order valence-electron chi connectivity index (χ2n) is 24.2. The van der Waals surface area contributed by atoms with Crippen LogP contribution in [0.1, 0.15) is 177 Å². The average molecular weight is 1290 g/mol. The summed E-state index contributed by atoms with van der Waals surface area (Å²) in [5.41, 5.74) is 29.4. The first-order valence-electron chi connectivity index (χ1n) is 32.8. The van der Waals surface area contributed by atoms with Crippen molar-refractivity contribution < 1.29 is 63.0 Å². The van der Waals surface area contributed by atoms with Crippen molar-refractivity contribution >= 4 is 65.0 Å². The maximum absolute atomic E-state index is 14.5. The largest absolute Gasteiger partial charge is 0.391 e. The molecule has 0 aromatic carbocycles. The minimum Gasteiger partial charge on any atom is -0.391 e. The highest BCUT2D eigenvalue weighted by atomic mass is 16.3. The van der Waals surface area contributed by atoms with Crippen molar-refractivity contribution in [2.24, 2.45) is 40.5 Å². The Kier molecular flexibility index (Phi) is 42.8. The predicted octanol–water partition coefficient (Wildman–Crippen LogP) is -2.23. The fourth-order valence-electron chi connectivity index (χ4n) is 9.88. The van der Waals surface area contributed by atoms with Crippen LogP contribution in [0, 0.1) is 11.8 Å². The smallest absolute Gasteiger partial charge is 0.245 e. The lowest BCUT2D eigenvalue weighted by atomic mass is 9.99. The van der Waals surface area contributed by atoms with E-state index in [1.807, 2.05) is 0 Å². The van der Waals surface area contributed by atoms with E-state index in [2.05, 4.69) is 89.7 Å². The van der Waals surface area contributed by atoms with E-state index < -0.39 is 151 Å². The Morgan fingerprint density at radius 1 is 0.505 bits per heavy atom. The lowest BCUT2D eigenvalue weighted by molar-refractivity contribution is -0.137. The van der Waals surface area contributed by atoms with E-state index in [4.69, 9.17) is 28.7 Å². The molecule has 520 valence electrons. The Labute approximate surface area is 538 Å². The molecule has 0 unspecified atom stereocenters. The molecule has 0 bridgehead atoms. The zero-order valence-electron chi connectivity index (χ0n) is 55.0. The molecule has 1 heterocycles. The van der Waals surface area contributed by atoms with E-state index in [0.717, 1.165) is 44.9 Å². The quantitative estimate of drug-likeness (QED) is 0.0231. The van der Waals surface area contributed by atoms with Crippen molar-refractivity contribution in [2.75, 3.05) is 39.3 Å². The van der Waals surface area contributed by atoms with Crippen LogP contribution >= 0.6 is 0 Å². The van der Waals surface area contributed by atoms with Gasteiger partial charge in [0.1, 0.15) is 60.4 Å². The van der Waals surface area contributed by atoms with Gasteiger partial charge in [-0.15, -0.1) is 0 Å². The van der Waals surface area contributed by atoms with Crippen LogP contribution in [0.2, 0.25) is 0 Å². The summed E-state index contributed by atoms with van der Waals surface area (Å²) >= 11 is 0. The minimum atomic E-state index is -1.70. The van der Waals surface area contributed by atoms with Gasteiger partial charge in [-0.25, -0.2) is 0 Å². The van der Waals surface area contributed by atoms with Gasteiger partial charge >= 0.3 is 0 Å². The van der Waals surface area contributed by atoms with E-state index in [9.17, 15) is 63.0 Å². The number of rotatable bonds is 37. The third-order valence-electron chi connectivity index (χ3n) is 15.0. The number of aliphatic hydroxyl groups excluding tert-OH is 2. The van der Waals surface area contributed by atoms with Crippen LogP contribution in [0.5, 0.6) is 0 Å². The summed E-state index contributed by atoms with van der Waals surface area (Å²) in [6.07, 6.45) is 15.7. The molecule has 0 spiro atoms. The molecule has 1 aliphatic rings. The first kappa shape index (κ1) is 82.4. The molecule has 0 aromatic rings. The summed E-state index contributed by atoms with van der Waals surface area (Å²) in [5, 5.41) is 49.8. The third-order valence-corrected chi connectivity index (χ3v) is 15.0. The summed E-state index contributed by atoms with van der Waals surface area (Å²) < 4.78 is 0. The third kappa shape index (κ3) is 34.0. The van der Waals surface area contributed by atoms with Gasteiger partial charge in [0, 0.05) is 13.0 Å². The summed E-state index contributed by atoms with van der Waals surface area (Å²) in [7, 11) is 0. The van der Waals surface area contributed by atoms with Crippen molar-refractivity contribution in [1.82, 2.24) is 58.5 Å². The average Bonchev–Trinajstić information content (AvgIpc) is 2.71. The molecule has 0 radical (unpaired) electrons. The molecular formula is C62H114N16O13. The van der Waals surface area contributed by atoms with Crippen LogP contribution < -0.4 is 87.2 Å². The monoisotopic (exact) mass is 1290 g/mol. The summed E-state index contributed by atoms with van der Waals surface area (Å²) in [4.78, 5) is 154. The van der Waals surface area contributed by atoms with E-state index >= 15 is 0 Å². The van der Waals surface area contributed by atoms with Crippen LogP contribution in [0.4, 0.5) is 0 Å². The summed E-state index contributed by atoms with van der Waals surface area (Å²) in [6, 6.07) is -14.6. The topological polar surface area (TPSA) is 491 Å². The van der Waals surface area contributed by atoms with Crippen molar-refractivity contribution in [1.29, 1.82) is 0 Å². The van der Waals surface area contributed by atoms with E-state index in [-0.39, 0.29) is 95.9 Å². The first-order valence-corrected chi connectivity index (χ1v) is 32.8.